The molecule has 0 fully saturated rings. The van der Waals surface area contributed by atoms with Gasteiger partial charge in [-0.2, -0.15) is 0 Å². The Hall–Kier alpha value is -1.41. The monoisotopic (exact) mass is 271 g/mol. The Kier molecular flexibility index (Phi) is 5.34. The summed E-state index contributed by atoms with van der Waals surface area (Å²) in [6.07, 6.45) is 4.30. The lowest BCUT2D eigenvalue weighted by Crippen LogP contribution is -2.21. The Labute approximate surface area is 120 Å². The third kappa shape index (κ3) is 4.32. The molecule has 0 amide bonds. The van der Waals surface area contributed by atoms with Gasteiger partial charge in [-0.1, -0.05) is 37.3 Å². The van der Waals surface area contributed by atoms with Gasteiger partial charge < -0.3 is 5.32 Å². The fraction of sp³-hybridized carbons (Fsp3) is 0.294. The first-order valence-electron chi connectivity index (χ1n) is 6.76. The standard InChI is InChI=1S/C17H21NS/c1-3-15(13-14-7-5-4-6-8-14)18-16-9-11-17(19-2)12-10-16/h4-12,15,18H,3,13H2,1-2H3. The van der Waals surface area contributed by atoms with E-state index in [-0.39, 0.29) is 0 Å². The number of anilines is 1. The van der Waals surface area contributed by atoms with Gasteiger partial charge in [-0.25, -0.2) is 0 Å². The highest BCUT2D eigenvalue weighted by atomic mass is 32.2. The van der Waals surface area contributed by atoms with Crippen LogP contribution in [0.4, 0.5) is 5.69 Å². The minimum absolute atomic E-state index is 0.488. The summed E-state index contributed by atoms with van der Waals surface area (Å²) in [5.74, 6) is 0. The maximum absolute atomic E-state index is 3.62. The molecule has 0 heterocycles. The first-order valence-corrected chi connectivity index (χ1v) is 7.99. The molecular formula is C17H21NS. The minimum atomic E-state index is 0.488. The van der Waals surface area contributed by atoms with Crippen molar-refractivity contribution in [2.45, 2.75) is 30.7 Å². The molecule has 0 spiro atoms. The van der Waals surface area contributed by atoms with Crippen molar-refractivity contribution in [3.63, 3.8) is 0 Å². The zero-order chi connectivity index (χ0) is 13.5. The van der Waals surface area contributed by atoms with E-state index in [9.17, 15) is 0 Å². The maximum Gasteiger partial charge on any atom is 0.0343 e. The van der Waals surface area contributed by atoms with E-state index in [2.05, 4.69) is 73.1 Å². The lowest BCUT2D eigenvalue weighted by molar-refractivity contribution is 0.690. The van der Waals surface area contributed by atoms with Crippen LogP contribution in [0.25, 0.3) is 0 Å². The predicted octanol–water partition coefficient (Wildman–Crippen LogP) is 4.84. The molecule has 0 aliphatic rings. The molecule has 2 aromatic carbocycles. The third-order valence-electron chi connectivity index (χ3n) is 3.28. The second-order valence-corrected chi connectivity index (χ2v) is 5.55. The smallest absolute Gasteiger partial charge is 0.0343 e. The van der Waals surface area contributed by atoms with Gasteiger partial charge in [0.1, 0.15) is 0 Å². The van der Waals surface area contributed by atoms with Crippen LogP contribution in [0.3, 0.4) is 0 Å². The molecule has 0 saturated heterocycles. The molecule has 0 radical (unpaired) electrons. The summed E-state index contributed by atoms with van der Waals surface area (Å²) < 4.78 is 0. The zero-order valence-electron chi connectivity index (χ0n) is 11.6. The van der Waals surface area contributed by atoms with Crippen LogP contribution in [0.2, 0.25) is 0 Å². The summed E-state index contributed by atoms with van der Waals surface area (Å²) in [5, 5.41) is 3.62. The molecule has 1 unspecified atom stereocenters. The van der Waals surface area contributed by atoms with Crippen molar-refractivity contribution in [3.05, 3.63) is 60.2 Å². The quantitative estimate of drug-likeness (QED) is 0.754. The molecule has 2 heteroatoms. The number of hydrogen-bond acceptors (Lipinski definition) is 2. The molecule has 0 aliphatic carbocycles. The van der Waals surface area contributed by atoms with Crippen LogP contribution in [0, 0.1) is 0 Å². The van der Waals surface area contributed by atoms with Gasteiger partial charge in [-0.3, -0.25) is 0 Å². The molecule has 1 nitrogen and oxygen atoms in total. The zero-order valence-corrected chi connectivity index (χ0v) is 12.4. The highest BCUT2D eigenvalue weighted by Crippen LogP contribution is 2.19. The maximum atomic E-state index is 3.62. The van der Waals surface area contributed by atoms with Gasteiger partial charge in [0.25, 0.3) is 0 Å². The van der Waals surface area contributed by atoms with Crippen molar-refractivity contribution >= 4 is 17.4 Å². The molecule has 0 bridgehead atoms. The Bertz CT molecular complexity index is 478. The first-order chi connectivity index (χ1) is 9.31. The highest BCUT2D eigenvalue weighted by Gasteiger charge is 2.07. The fourth-order valence-electron chi connectivity index (χ4n) is 2.12. The van der Waals surface area contributed by atoms with Gasteiger partial charge in [-0.15, -0.1) is 11.8 Å². The molecule has 1 N–H and O–H groups in total. The van der Waals surface area contributed by atoms with Crippen molar-refractivity contribution < 1.29 is 0 Å². The molecule has 0 saturated carbocycles. The van der Waals surface area contributed by atoms with Crippen LogP contribution in [0.5, 0.6) is 0 Å². The SMILES string of the molecule is CCC(Cc1ccccc1)Nc1ccc(SC)cc1. The van der Waals surface area contributed by atoms with Gasteiger partial charge in [0.2, 0.25) is 0 Å². The van der Waals surface area contributed by atoms with Crippen molar-refractivity contribution in [1.82, 2.24) is 0 Å². The Balaban J connectivity index is 1.98. The van der Waals surface area contributed by atoms with Crippen molar-refractivity contribution in [3.8, 4) is 0 Å². The number of hydrogen-bond donors (Lipinski definition) is 1. The van der Waals surface area contributed by atoms with Crippen molar-refractivity contribution in [2.24, 2.45) is 0 Å². The van der Waals surface area contributed by atoms with Crippen LogP contribution in [0.15, 0.2) is 59.5 Å². The summed E-state index contributed by atoms with van der Waals surface area (Å²) in [5.41, 5.74) is 2.60. The Morgan fingerprint density at radius 2 is 1.68 bits per heavy atom. The Morgan fingerprint density at radius 3 is 2.26 bits per heavy atom. The number of benzene rings is 2. The van der Waals surface area contributed by atoms with Crippen molar-refractivity contribution in [1.29, 1.82) is 0 Å². The van der Waals surface area contributed by atoms with E-state index >= 15 is 0 Å². The van der Waals surface area contributed by atoms with E-state index < -0.39 is 0 Å². The summed E-state index contributed by atoms with van der Waals surface area (Å²) in [6, 6.07) is 19.8. The molecule has 0 aliphatic heterocycles. The van der Waals surface area contributed by atoms with Gasteiger partial charge in [0.05, 0.1) is 0 Å². The average Bonchev–Trinajstić information content (AvgIpc) is 2.48. The lowest BCUT2D eigenvalue weighted by Gasteiger charge is -2.18. The fourth-order valence-corrected chi connectivity index (χ4v) is 2.53. The summed E-state index contributed by atoms with van der Waals surface area (Å²) >= 11 is 1.78. The van der Waals surface area contributed by atoms with E-state index in [0.717, 1.165) is 12.8 Å². The largest absolute Gasteiger partial charge is 0.382 e. The van der Waals surface area contributed by atoms with E-state index in [1.807, 2.05) is 0 Å². The molecule has 0 aromatic heterocycles. The van der Waals surface area contributed by atoms with E-state index in [4.69, 9.17) is 0 Å². The second-order valence-electron chi connectivity index (χ2n) is 4.67. The molecule has 100 valence electrons. The van der Waals surface area contributed by atoms with Crippen LogP contribution >= 0.6 is 11.8 Å². The molecular weight excluding hydrogens is 250 g/mol. The van der Waals surface area contributed by atoms with E-state index in [1.165, 1.54) is 16.1 Å². The van der Waals surface area contributed by atoms with E-state index in [1.54, 1.807) is 11.8 Å². The normalized spacial score (nSPS) is 12.1. The van der Waals surface area contributed by atoms with Crippen molar-refractivity contribution in [2.75, 3.05) is 11.6 Å². The topological polar surface area (TPSA) is 12.0 Å². The summed E-state index contributed by atoms with van der Waals surface area (Å²) in [4.78, 5) is 1.31. The molecule has 1 atom stereocenters. The first kappa shape index (κ1) is 14.0. The second kappa shape index (κ2) is 7.25. The third-order valence-corrected chi connectivity index (χ3v) is 4.02. The predicted molar refractivity (Wildman–Crippen MR) is 86.1 cm³/mol. The number of thioether (sulfide) groups is 1. The molecule has 2 aromatic rings. The number of rotatable bonds is 6. The average molecular weight is 271 g/mol. The highest BCUT2D eigenvalue weighted by molar-refractivity contribution is 7.98. The molecule has 2 rings (SSSR count). The van der Waals surface area contributed by atoms with Gasteiger partial charge >= 0.3 is 0 Å². The van der Waals surface area contributed by atoms with Crippen LogP contribution in [0.1, 0.15) is 18.9 Å². The van der Waals surface area contributed by atoms with E-state index in [0.29, 0.717) is 6.04 Å². The summed E-state index contributed by atoms with van der Waals surface area (Å²) in [7, 11) is 0. The van der Waals surface area contributed by atoms with Crippen LogP contribution in [-0.2, 0) is 6.42 Å². The Morgan fingerprint density at radius 1 is 1.00 bits per heavy atom. The number of nitrogens with one attached hydrogen (secondary N) is 1. The van der Waals surface area contributed by atoms with Gasteiger partial charge in [0.15, 0.2) is 0 Å². The lowest BCUT2D eigenvalue weighted by atomic mass is 10.0. The molecule has 19 heavy (non-hydrogen) atoms. The van der Waals surface area contributed by atoms with Crippen LogP contribution in [-0.4, -0.2) is 12.3 Å². The van der Waals surface area contributed by atoms with Crippen LogP contribution < -0.4 is 5.32 Å². The van der Waals surface area contributed by atoms with Gasteiger partial charge in [-0.05, 0) is 48.9 Å². The van der Waals surface area contributed by atoms with Gasteiger partial charge in [0, 0.05) is 16.6 Å². The summed E-state index contributed by atoms with van der Waals surface area (Å²) in [6.45, 7) is 2.23. The minimum Gasteiger partial charge on any atom is -0.382 e.